The van der Waals surface area contributed by atoms with Gasteiger partial charge in [-0.25, -0.2) is 4.79 Å². The average Bonchev–Trinajstić information content (AvgIpc) is 3.00. The number of urea groups is 1. The van der Waals surface area contributed by atoms with E-state index in [0.29, 0.717) is 0 Å². The first kappa shape index (κ1) is 17.0. The third kappa shape index (κ3) is 4.82. The molecule has 1 aromatic heterocycles. The van der Waals surface area contributed by atoms with Crippen molar-refractivity contribution in [2.75, 3.05) is 0 Å². The highest BCUT2D eigenvalue weighted by Crippen LogP contribution is 2.23. The monoisotopic (exact) mass is 331 g/mol. The summed E-state index contributed by atoms with van der Waals surface area (Å²) in [6.07, 6.45) is 0.152. The molecule has 0 aliphatic carbocycles. The predicted molar refractivity (Wildman–Crippen MR) is 92.1 cm³/mol. The summed E-state index contributed by atoms with van der Waals surface area (Å²) in [5.41, 5.74) is 7.42. The van der Waals surface area contributed by atoms with Crippen LogP contribution in [0.25, 0.3) is 0 Å². The summed E-state index contributed by atoms with van der Waals surface area (Å²) in [5.74, 6) is -0.132. The molecule has 0 radical (unpaired) electrons. The number of carbonyl (C=O) groups is 2. The molecule has 3 amide bonds. The largest absolute Gasteiger partial charge is 0.352 e. The van der Waals surface area contributed by atoms with Gasteiger partial charge >= 0.3 is 6.03 Å². The van der Waals surface area contributed by atoms with Crippen molar-refractivity contribution in [2.24, 2.45) is 5.73 Å². The molecular weight excluding hydrogens is 310 g/mol. The van der Waals surface area contributed by atoms with Gasteiger partial charge in [0.25, 0.3) is 0 Å². The van der Waals surface area contributed by atoms with E-state index >= 15 is 0 Å². The van der Waals surface area contributed by atoms with Crippen molar-refractivity contribution in [3.05, 3.63) is 57.8 Å². The second kappa shape index (κ2) is 7.78. The number of nitrogens with one attached hydrogen (secondary N) is 2. The van der Waals surface area contributed by atoms with Gasteiger partial charge in [0.15, 0.2) is 0 Å². The molecule has 0 fully saturated rings. The number of amides is 3. The lowest BCUT2D eigenvalue weighted by Gasteiger charge is -2.20. The minimum absolute atomic E-state index is 0.0961. The number of nitrogens with two attached hydrogens (primary N) is 1. The summed E-state index contributed by atoms with van der Waals surface area (Å²) in [7, 11) is 0. The van der Waals surface area contributed by atoms with Crippen molar-refractivity contribution < 1.29 is 9.59 Å². The van der Waals surface area contributed by atoms with Gasteiger partial charge in [0.05, 0.1) is 18.5 Å². The summed E-state index contributed by atoms with van der Waals surface area (Å²) < 4.78 is 0. The molecule has 1 aromatic carbocycles. The van der Waals surface area contributed by atoms with Crippen LogP contribution in [-0.4, -0.2) is 11.9 Å². The highest BCUT2D eigenvalue weighted by Gasteiger charge is 2.20. The van der Waals surface area contributed by atoms with Crippen LogP contribution < -0.4 is 16.4 Å². The lowest BCUT2D eigenvalue weighted by molar-refractivity contribution is -0.122. The van der Waals surface area contributed by atoms with Gasteiger partial charge in [0, 0.05) is 4.88 Å². The Balaban J connectivity index is 2.02. The highest BCUT2D eigenvalue weighted by atomic mass is 32.1. The molecule has 0 saturated heterocycles. The van der Waals surface area contributed by atoms with Gasteiger partial charge in [0.2, 0.25) is 5.91 Å². The summed E-state index contributed by atoms with van der Waals surface area (Å²) >= 11 is 1.48. The Hall–Kier alpha value is -2.34. The number of primary amides is 1. The minimum atomic E-state index is -0.636. The van der Waals surface area contributed by atoms with Crippen LogP contribution in [0.1, 0.15) is 41.4 Å². The van der Waals surface area contributed by atoms with E-state index in [4.69, 9.17) is 5.73 Å². The molecule has 1 heterocycles. The van der Waals surface area contributed by atoms with Crippen molar-refractivity contribution in [3.8, 4) is 0 Å². The molecule has 122 valence electrons. The maximum Gasteiger partial charge on any atom is 0.312 e. The predicted octanol–water partition coefficient (Wildman–Crippen LogP) is 3.03. The second-order valence-corrected chi connectivity index (χ2v) is 6.41. The number of hydrogen-bond donors (Lipinski definition) is 3. The van der Waals surface area contributed by atoms with Crippen LogP contribution in [0.15, 0.2) is 41.8 Å². The standard InChI is InChI=1S/C17H21N3O2S/c1-11-6-3-4-7-13(11)12(2)19-16(21)10-14(20-17(18)22)15-8-5-9-23-15/h3-9,12,14H,10H2,1-2H3,(H,19,21)(H3,18,20,22)/t12-,14-/m0/s1. The molecule has 23 heavy (non-hydrogen) atoms. The lowest BCUT2D eigenvalue weighted by Crippen LogP contribution is -2.37. The van der Waals surface area contributed by atoms with Crippen molar-refractivity contribution >= 4 is 23.3 Å². The first-order valence-corrected chi connectivity index (χ1v) is 8.29. The average molecular weight is 331 g/mol. The zero-order valence-corrected chi connectivity index (χ0v) is 14.0. The number of aryl methyl sites for hydroxylation is 1. The summed E-state index contributed by atoms with van der Waals surface area (Å²) in [4.78, 5) is 24.4. The third-order valence-corrected chi connectivity index (χ3v) is 4.61. The molecule has 0 saturated carbocycles. The van der Waals surface area contributed by atoms with Crippen molar-refractivity contribution in [1.82, 2.24) is 10.6 Å². The van der Waals surface area contributed by atoms with Crippen LogP contribution in [0.3, 0.4) is 0 Å². The lowest BCUT2D eigenvalue weighted by atomic mass is 10.0. The Kier molecular flexibility index (Phi) is 5.76. The van der Waals surface area contributed by atoms with E-state index in [2.05, 4.69) is 10.6 Å². The molecule has 0 bridgehead atoms. The SMILES string of the molecule is Cc1ccccc1[C@H](C)NC(=O)C[C@H](NC(N)=O)c1cccs1. The normalized spacial score (nSPS) is 13.1. The molecule has 2 aromatic rings. The van der Waals surface area contributed by atoms with E-state index in [9.17, 15) is 9.59 Å². The molecule has 2 atom stereocenters. The molecule has 4 N–H and O–H groups in total. The molecule has 6 heteroatoms. The maximum atomic E-state index is 12.3. The van der Waals surface area contributed by atoms with Gasteiger partial charge in [-0.1, -0.05) is 30.3 Å². The van der Waals surface area contributed by atoms with Crippen molar-refractivity contribution in [3.63, 3.8) is 0 Å². The van der Waals surface area contributed by atoms with Gasteiger partial charge in [-0.15, -0.1) is 11.3 Å². The summed E-state index contributed by atoms with van der Waals surface area (Å²) in [6, 6.07) is 10.6. The van der Waals surface area contributed by atoms with Gasteiger partial charge in [-0.2, -0.15) is 0 Å². The number of thiophene rings is 1. The number of benzene rings is 1. The Bertz CT molecular complexity index is 670. The number of carbonyl (C=O) groups excluding carboxylic acids is 2. The van der Waals surface area contributed by atoms with E-state index in [1.165, 1.54) is 11.3 Å². The molecule has 5 nitrogen and oxygen atoms in total. The topological polar surface area (TPSA) is 84.2 Å². The van der Waals surface area contributed by atoms with Crippen molar-refractivity contribution in [1.29, 1.82) is 0 Å². The van der Waals surface area contributed by atoms with Gasteiger partial charge in [-0.05, 0) is 36.4 Å². The zero-order chi connectivity index (χ0) is 16.8. The Morgan fingerprint density at radius 3 is 2.52 bits per heavy atom. The number of rotatable bonds is 6. The molecule has 0 aliphatic rings. The molecular formula is C17H21N3O2S. The maximum absolute atomic E-state index is 12.3. The van der Waals surface area contributed by atoms with Crippen LogP contribution in [0, 0.1) is 6.92 Å². The Morgan fingerprint density at radius 2 is 1.91 bits per heavy atom. The van der Waals surface area contributed by atoms with Crippen LogP contribution in [0.2, 0.25) is 0 Å². The zero-order valence-electron chi connectivity index (χ0n) is 13.2. The fraction of sp³-hybridized carbons (Fsp3) is 0.294. The summed E-state index contributed by atoms with van der Waals surface area (Å²) in [5, 5.41) is 7.50. The molecule has 0 unspecified atom stereocenters. The highest BCUT2D eigenvalue weighted by molar-refractivity contribution is 7.10. The molecule has 2 rings (SSSR count). The first-order valence-electron chi connectivity index (χ1n) is 7.41. The quantitative estimate of drug-likeness (QED) is 0.760. The van der Waals surface area contributed by atoms with E-state index in [1.807, 2.05) is 55.6 Å². The van der Waals surface area contributed by atoms with E-state index in [1.54, 1.807) is 0 Å². The molecule has 0 spiro atoms. The molecule has 0 aliphatic heterocycles. The fourth-order valence-electron chi connectivity index (χ4n) is 2.52. The van der Waals surface area contributed by atoms with Crippen LogP contribution in [-0.2, 0) is 4.79 Å². The fourth-order valence-corrected chi connectivity index (χ4v) is 3.30. The van der Waals surface area contributed by atoms with Crippen LogP contribution in [0.5, 0.6) is 0 Å². The van der Waals surface area contributed by atoms with E-state index < -0.39 is 12.1 Å². The second-order valence-electron chi connectivity index (χ2n) is 5.43. The van der Waals surface area contributed by atoms with Crippen molar-refractivity contribution in [2.45, 2.75) is 32.4 Å². The Labute approximate surface area is 139 Å². The van der Waals surface area contributed by atoms with Gasteiger partial charge < -0.3 is 16.4 Å². The minimum Gasteiger partial charge on any atom is -0.352 e. The van der Waals surface area contributed by atoms with E-state index in [0.717, 1.165) is 16.0 Å². The smallest absolute Gasteiger partial charge is 0.312 e. The Morgan fingerprint density at radius 1 is 1.17 bits per heavy atom. The van der Waals surface area contributed by atoms with Gasteiger partial charge in [-0.3, -0.25) is 4.79 Å². The van der Waals surface area contributed by atoms with Gasteiger partial charge in [0.1, 0.15) is 0 Å². The summed E-state index contributed by atoms with van der Waals surface area (Å²) in [6.45, 7) is 3.96. The van der Waals surface area contributed by atoms with E-state index in [-0.39, 0.29) is 18.4 Å². The van der Waals surface area contributed by atoms with Crippen LogP contribution in [0.4, 0.5) is 4.79 Å². The van der Waals surface area contributed by atoms with Crippen LogP contribution >= 0.6 is 11.3 Å². The third-order valence-electron chi connectivity index (χ3n) is 3.63. The first-order chi connectivity index (χ1) is 11.0. The number of hydrogen-bond acceptors (Lipinski definition) is 3.